The predicted octanol–water partition coefficient (Wildman–Crippen LogP) is 4.34. The lowest BCUT2D eigenvalue weighted by molar-refractivity contribution is 0.0527. The largest absolute Gasteiger partial charge is 0.269 e. The number of amides is 4. The van der Waals surface area contributed by atoms with Gasteiger partial charge >= 0.3 is 0 Å². The van der Waals surface area contributed by atoms with Crippen molar-refractivity contribution in [2.75, 3.05) is 0 Å². The van der Waals surface area contributed by atoms with Crippen LogP contribution in [0.5, 0.6) is 0 Å². The van der Waals surface area contributed by atoms with Gasteiger partial charge in [0.2, 0.25) is 0 Å². The summed E-state index contributed by atoms with van der Waals surface area (Å²) >= 11 is 0. The molecule has 36 heavy (non-hydrogen) atoms. The zero-order valence-corrected chi connectivity index (χ0v) is 19.5. The smallest absolute Gasteiger partial charge is 0.261 e. The summed E-state index contributed by atoms with van der Waals surface area (Å²) in [4.78, 5) is 64.8. The molecule has 2 aromatic heterocycles. The summed E-state index contributed by atoms with van der Waals surface area (Å²) in [6, 6.07) is 12.3. The highest BCUT2D eigenvalue weighted by atomic mass is 16.2. The third-order valence-electron chi connectivity index (χ3n) is 7.11. The van der Waals surface area contributed by atoms with Crippen LogP contribution < -0.4 is 0 Å². The van der Waals surface area contributed by atoms with Crippen LogP contribution in [0.2, 0.25) is 0 Å². The maximum atomic E-state index is 13.6. The molecule has 2 aliphatic heterocycles. The maximum absolute atomic E-state index is 13.6. The van der Waals surface area contributed by atoms with E-state index in [1.165, 1.54) is 9.80 Å². The monoisotopic (exact) mass is 476 g/mol. The molecule has 0 saturated heterocycles. The van der Waals surface area contributed by atoms with Gasteiger partial charge in [0.05, 0.1) is 12.1 Å². The number of hydrogen-bond acceptors (Lipinski definition) is 6. The predicted molar refractivity (Wildman–Crippen MR) is 130 cm³/mol. The van der Waals surface area contributed by atoms with Crippen molar-refractivity contribution in [3.63, 3.8) is 0 Å². The van der Waals surface area contributed by atoms with Gasteiger partial charge in [0.25, 0.3) is 23.6 Å². The lowest BCUT2D eigenvalue weighted by Gasteiger charge is -2.35. The number of carbonyl (C=O) groups is 4. The lowest BCUT2D eigenvalue weighted by atomic mass is 9.85. The van der Waals surface area contributed by atoms with Gasteiger partial charge in [-0.25, -0.2) is 0 Å². The van der Waals surface area contributed by atoms with E-state index >= 15 is 0 Å². The zero-order valence-electron chi connectivity index (χ0n) is 19.5. The molecule has 4 heterocycles. The molecule has 0 spiro atoms. The number of hydrogen-bond donors (Lipinski definition) is 0. The van der Waals surface area contributed by atoms with E-state index in [0.717, 1.165) is 11.1 Å². The van der Waals surface area contributed by atoms with Crippen LogP contribution in [0.4, 0.5) is 0 Å². The van der Waals surface area contributed by atoms with Crippen molar-refractivity contribution in [1.82, 2.24) is 19.8 Å². The fraction of sp³-hybridized carbons (Fsp3) is 0.143. The Morgan fingerprint density at radius 1 is 0.500 bits per heavy atom. The first-order chi connectivity index (χ1) is 17.4. The number of aromatic nitrogens is 2. The van der Waals surface area contributed by atoms with Crippen molar-refractivity contribution in [3.8, 4) is 0 Å². The topological polar surface area (TPSA) is 101 Å². The van der Waals surface area contributed by atoms with Crippen LogP contribution in [0.1, 0.15) is 78.5 Å². The molecule has 0 saturated carbocycles. The first kappa shape index (κ1) is 21.8. The number of nitrogens with zero attached hydrogens (tertiary/aromatic N) is 4. The van der Waals surface area contributed by atoms with Crippen LogP contribution in [0, 0.1) is 0 Å². The number of carbonyl (C=O) groups excluding carboxylic acids is 4. The first-order valence-electron chi connectivity index (χ1n) is 11.6. The molecule has 2 aliphatic rings. The fourth-order valence-electron chi connectivity index (χ4n) is 5.20. The van der Waals surface area contributed by atoms with Crippen molar-refractivity contribution < 1.29 is 19.2 Å². The Balaban J connectivity index is 1.49. The second kappa shape index (κ2) is 7.91. The molecule has 2 atom stereocenters. The summed E-state index contributed by atoms with van der Waals surface area (Å²) in [5.74, 6) is -1.86. The molecule has 6 rings (SSSR count). The van der Waals surface area contributed by atoms with Gasteiger partial charge in [-0.1, -0.05) is 0 Å². The van der Waals surface area contributed by atoms with Gasteiger partial charge in [0, 0.05) is 57.8 Å². The SMILES string of the molecule is C[C@@H](c1ccncc1)N1C(=O)c2ccc3c4c(ccc(c24)C1=O)C(=O)N([C@@H](C)c1ccncc1)C3=O. The average Bonchev–Trinajstić information content (AvgIpc) is 2.91. The number of pyridine rings is 2. The van der Waals surface area contributed by atoms with Gasteiger partial charge in [-0.3, -0.25) is 38.9 Å². The Morgan fingerprint density at radius 2 is 0.778 bits per heavy atom. The highest BCUT2D eigenvalue weighted by Crippen LogP contribution is 2.41. The molecule has 4 aromatic rings. The first-order valence-corrected chi connectivity index (χ1v) is 11.6. The van der Waals surface area contributed by atoms with Crippen molar-refractivity contribution in [3.05, 3.63) is 107 Å². The van der Waals surface area contributed by atoms with Crippen molar-refractivity contribution >= 4 is 34.4 Å². The summed E-state index contributed by atoms with van der Waals surface area (Å²) in [5.41, 5.74) is 2.72. The molecule has 0 unspecified atom stereocenters. The Labute approximate surface area is 206 Å². The van der Waals surface area contributed by atoms with E-state index in [9.17, 15) is 19.2 Å². The molecule has 0 N–H and O–H groups in total. The van der Waals surface area contributed by atoms with Gasteiger partial charge in [0.15, 0.2) is 0 Å². The third kappa shape index (κ3) is 2.94. The van der Waals surface area contributed by atoms with E-state index in [-0.39, 0.29) is 0 Å². The van der Waals surface area contributed by atoms with Crippen LogP contribution >= 0.6 is 0 Å². The van der Waals surface area contributed by atoms with E-state index in [2.05, 4.69) is 9.97 Å². The number of imide groups is 2. The van der Waals surface area contributed by atoms with Crippen LogP contribution in [0.25, 0.3) is 10.8 Å². The molecule has 0 aliphatic carbocycles. The highest BCUT2D eigenvalue weighted by molar-refractivity contribution is 6.33. The molecule has 4 amide bonds. The normalized spacial score (nSPS) is 16.5. The maximum Gasteiger partial charge on any atom is 0.261 e. The quantitative estimate of drug-likeness (QED) is 0.406. The minimum atomic E-state index is -0.525. The van der Waals surface area contributed by atoms with Crippen LogP contribution in [-0.2, 0) is 0 Å². The third-order valence-corrected chi connectivity index (χ3v) is 7.11. The van der Waals surface area contributed by atoms with Gasteiger partial charge in [-0.05, 0) is 73.5 Å². The van der Waals surface area contributed by atoms with E-state index in [1.807, 2.05) is 0 Å². The Morgan fingerprint density at radius 3 is 1.06 bits per heavy atom. The second-order valence-corrected chi connectivity index (χ2v) is 8.95. The summed E-state index contributed by atoms with van der Waals surface area (Å²) in [5, 5.41) is 0.715. The minimum absolute atomic E-state index is 0.294. The standard InChI is InChI=1S/C28H20N4O4/c1-15(17-7-11-29-12-8-17)31-25(33)19-3-5-21-24-22(6-4-20(23(19)24)26(31)34)28(36)32(27(21)35)16(2)18-9-13-30-14-10-18/h3-16H,1-2H3/t15-,16-/m0/s1. The second-order valence-electron chi connectivity index (χ2n) is 8.95. The van der Waals surface area contributed by atoms with Crippen molar-refractivity contribution in [2.45, 2.75) is 25.9 Å². The van der Waals surface area contributed by atoms with Gasteiger partial charge in [0.1, 0.15) is 0 Å². The molecule has 0 radical (unpaired) electrons. The zero-order chi connectivity index (χ0) is 25.1. The summed E-state index contributed by atoms with van der Waals surface area (Å²) < 4.78 is 0. The van der Waals surface area contributed by atoms with Gasteiger partial charge in [-0.2, -0.15) is 0 Å². The molecule has 8 heteroatoms. The molecule has 0 bridgehead atoms. The molecule has 176 valence electrons. The number of rotatable bonds is 4. The molecule has 8 nitrogen and oxygen atoms in total. The Bertz CT molecular complexity index is 1410. The Kier molecular flexibility index (Phi) is 4.79. The summed E-state index contributed by atoms with van der Waals surface area (Å²) in [6.45, 7) is 3.56. The summed E-state index contributed by atoms with van der Waals surface area (Å²) in [7, 11) is 0. The Hall–Kier alpha value is -4.72. The minimum Gasteiger partial charge on any atom is -0.269 e. The van der Waals surface area contributed by atoms with Crippen molar-refractivity contribution in [2.24, 2.45) is 0 Å². The lowest BCUT2D eigenvalue weighted by Crippen LogP contribution is -2.44. The summed E-state index contributed by atoms with van der Waals surface area (Å²) in [6.07, 6.45) is 6.44. The van der Waals surface area contributed by atoms with E-state index < -0.39 is 35.7 Å². The highest BCUT2D eigenvalue weighted by Gasteiger charge is 2.42. The van der Waals surface area contributed by atoms with Crippen LogP contribution in [0.15, 0.2) is 73.3 Å². The molecule has 0 fully saturated rings. The van der Waals surface area contributed by atoms with Crippen LogP contribution in [-0.4, -0.2) is 43.4 Å². The van der Waals surface area contributed by atoms with Crippen LogP contribution in [0.3, 0.4) is 0 Å². The molecular weight excluding hydrogens is 456 g/mol. The number of benzene rings is 2. The average molecular weight is 476 g/mol. The van der Waals surface area contributed by atoms with Gasteiger partial charge in [-0.15, -0.1) is 0 Å². The van der Waals surface area contributed by atoms with Gasteiger partial charge < -0.3 is 0 Å². The van der Waals surface area contributed by atoms with Crippen molar-refractivity contribution in [1.29, 1.82) is 0 Å². The van der Waals surface area contributed by atoms with E-state index in [1.54, 1.807) is 87.2 Å². The van der Waals surface area contributed by atoms with E-state index in [0.29, 0.717) is 33.0 Å². The fourth-order valence-corrected chi connectivity index (χ4v) is 5.20. The molecular formula is C28H20N4O4. The van der Waals surface area contributed by atoms with E-state index in [4.69, 9.17) is 0 Å². The molecule has 2 aromatic carbocycles.